The molecule has 2 aliphatic heterocycles. The van der Waals surface area contributed by atoms with Crippen LogP contribution in [0.15, 0.2) is 121 Å². The van der Waals surface area contributed by atoms with E-state index in [0.717, 1.165) is 36.8 Å². The van der Waals surface area contributed by atoms with Gasteiger partial charge in [0.15, 0.2) is 0 Å². The SMILES string of the molecule is O=C(CN1CCCC(c2ccccc2)(c2ccccc2)C1=O)N1CCC(c2ccccc2)(c2ccccc2)CC1. The molecular formula is C36H36N2O2. The van der Waals surface area contributed by atoms with Crippen LogP contribution in [0.4, 0.5) is 0 Å². The van der Waals surface area contributed by atoms with Crippen LogP contribution in [0, 0.1) is 0 Å². The molecule has 0 N–H and O–H groups in total. The van der Waals surface area contributed by atoms with Crippen LogP contribution in [0.5, 0.6) is 0 Å². The van der Waals surface area contributed by atoms with Crippen molar-refractivity contribution in [2.45, 2.75) is 36.5 Å². The molecule has 2 amide bonds. The van der Waals surface area contributed by atoms with Crippen molar-refractivity contribution in [1.82, 2.24) is 9.80 Å². The van der Waals surface area contributed by atoms with E-state index in [1.165, 1.54) is 11.1 Å². The van der Waals surface area contributed by atoms with E-state index in [1.54, 1.807) is 0 Å². The highest BCUT2D eigenvalue weighted by Crippen LogP contribution is 2.43. The molecular weight excluding hydrogens is 492 g/mol. The molecule has 0 spiro atoms. The fourth-order valence-electron chi connectivity index (χ4n) is 6.97. The molecule has 2 heterocycles. The van der Waals surface area contributed by atoms with E-state index >= 15 is 0 Å². The summed E-state index contributed by atoms with van der Waals surface area (Å²) in [5.74, 6) is 0.0735. The Kier molecular flexibility index (Phi) is 7.25. The second-order valence-corrected chi connectivity index (χ2v) is 11.2. The average Bonchev–Trinajstić information content (AvgIpc) is 3.04. The Morgan fingerprint density at radius 2 is 1.00 bits per heavy atom. The molecule has 4 heteroatoms. The van der Waals surface area contributed by atoms with Gasteiger partial charge in [-0.15, -0.1) is 0 Å². The predicted molar refractivity (Wildman–Crippen MR) is 159 cm³/mol. The molecule has 6 rings (SSSR count). The van der Waals surface area contributed by atoms with Gasteiger partial charge in [-0.2, -0.15) is 0 Å². The molecule has 0 radical (unpaired) electrons. The highest BCUT2D eigenvalue weighted by molar-refractivity contribution is 5.95. The molecule has 0 unspecified atom stereocenters. The standard InChI is InChI=1S/C36H36N2O2/c39-33(37-26-23-35(24-27-37,29-14-5-1-6-15-29)30-16-7-2-8-17-30)28-38-25-13-22-36(34(38)40,31-18-9-3-10-19-31)32-20-11-4-12-21-32/h1-12,14-21H,13,22-28H2. The second kappa shape index (κ2) is 11.1. The van der Waals surface area contributed by atoms with Gasteiger partial charge in [-0.3, -0.25) is 9.59 Å². The Morgan fingerprint density at radius 3 is 1.45 bits per heavy atom. The normalized spacial score (nSPS) is 18.4. The first kappa shape index (κ1) is 26.1. The van der Waals surface area contributed by atoms with Crippen molar-refractivity contribution < 1.29 is 9.59 Å². The smallest absolute Gasteiger partial charge is 0.242 e. The zero-order valence-electron chi connectivity index (χ0n) is 22.9. The van der Waals surface area contributed by atoms with E-state index in [0.29, 0.717) is 19.6 Å². The largest absolute Gasteiger partial charge is 0.341 e. The number of likely N-dealkylation sites (tertiary alicyclic amines) is 2. The van der Waals surface area contributed by atoms with E-state index in [-0.39, 0.29) is 23.8 Å². The molecule has 0 atom stereocenters. The minimum atomic E-state index is -0.765. The molecule has 4 aromatic carbocycles. The monoisotopic (exact) mass is 528 g/mol. The van der Waals surface area contributed by atoms with Crippen LogP contribution in [0.3, 0.4) is 0 Å². The Labute approximate surface area is 237 Å². The van der Waals surface area contributed by atoms with Crippen LogP contribution >= 0.6 is 0 Å². The van der Waals surface area contributed by atoms with Crippen LogP contribution in [-0.2, 0) is 20.4 Å². The summed E-state index contributed by atoms with van der Waals surface area (Å²) in [6, 6.07) is 41.5. The molecule has 0 bridgehead atoms. The van der Waals surface area contributed by atoms with Gasteiger partial charge in [0.2, 0.25) is 11.8 Å². The Hall–Kier alpha value is -4.18. The molecule has 0 aromatic heterocycles. The molecule has 4 aromatic rings. The lowest BCUT2D eigenvalue weighted by molar-refractivity contribution is -0.146. The topological polar surface area (TPSA) is 40.6 Å². The van der Waals surface area contributed by atoms with Crippen molar-refractivity contribution in [3.8, 4) is 0 Å². The predicted octanol–water partition coefficient (Wildman–Crippen LogP) is 6.20. The van der Waals surface area contributed by atoms with Crippen LogP contribution in [0.2, 0.25) is 0 Å². The summed E-state index contributed by atoms with van der Waals surface area (Å²) >= 11 is 0. The van der Waals surface area contributed by atoms with E-state index in [9.17, 15) is 9.59 Å². The van der Waals surface area contributed by atoms with Gasteiger partial charge in [-0.25, -0.2) is 0 Å². The van der Waals surface area contributed by atoms with Gasteiger partial charge in [0, 0.05) is 25.0 Å². The van der Waals surface area contributed by atoms with Gasteiger partial charge in [-0.1, -0.05) is 121 Å². The first-order valence-corrected chi connectivity index (χ1v) is 14.4. The number of amides is 2. The van der Waals surface area contributed by atoms with Gasteiger partial charge in [0.05, 0.1) is 12.0 Å². The van der Waals surface area contributed by atoms with Crippen molar-refractivity contribution in [2.24, 2.45) is 0 Å². The average molecular weight is 529 g/mol. The van der Waals surface area contributed by atoms with Gasteiger partial charge < -0.3 is 9.80 Å². The van der Waals surface area contributed by atoms with Crippen molar-refractivity contribution in [3.63, 3.8) is 0 Å². The molecule has 0 aliphatic carbocycles. The number of rotatable bonds is 6. The van der Waals surface area contributed by atoms with Crippen LogP contribution < -0.4 is 0 Å². The van der Waals surface area contributed by atoms with E-state index < -0.39 is 5.41 Å². The zero-order chi connectivity index (χ0) is 27.4. The van der Waals surface area contributed by atoms with Gasteiger partial charge in [0.1, 0.15) is 0 Å². The summed E-state index contributed by atoms with van der Waals surface area (Å²) in [4.78, 5) is 31.8. The summed E-state index contributed by atoms with van der Waals surface area (Å²) in [5, 5.41) is 0. The molecule has 4 nitrogen and oxygen atoms in total. The number of hydrogen-bond acceptors (Lipinski definition) is 2. The third-order valence-corrected chi connectivity index (χ3v) is 9.11. The van der Waals surface area contributed by atoms with Crippen molar-refractivity contribution in [1.29, 1.82) is 0 Å². The first-order valence-electron chi connectivity index (χ1n) is 14.4. The number of hydrogen-bond donors (Lipinski definition) is 0. The fourth-order valence-corrected chi connectivity index (χ4v) is 6.97. The zero-order valence-corrected chi connectivity index (χ0v) is 22.9. The lowest BCUT2D eigenvalue weighted by atomic mass is 9.68. The summed E-state index contributed by atoms with van der Waals surface area (Å²) in [5.41, 5.74) is 3.72. The fraction of sp³-hybridized carbons (Fsp3) is 0.278. The lowest BCUT2D eigenvalue weighted by Crippen LogP contribution is -2.55. The molecule has 202 valence electrons. The maximum absolute atomic E-state index is 14.3. The van der Waals surface area contributed by atoms with Crippen LogP contribution in [0.1, 0.15) is 47.9 Å². The number of benzene rings is 4. The lowest BCUT2D eigenvalue weighted by Gasteiger charge is -2.45. The van der Waals surface area contributed by atoms with E-state index in [1.807, 2.05) is 70.5 Å². The number of carbonyl (C=O) groups excluding carboxylic acids is 2. The third-order valence-electron chi connectivity index (χ3n) is 9.11. The third kappa shape index (κ3) is 4.62. The molecule has 2 aliphatic rings. The molecule has 2 saturated heterocycles. The Bertz CT molecular complexity index is 1350. The van der Waals surface area contributed by atoms with Gasteiger partial charge in [0.25, 0.3) is 0 Å². The van der Waals surface area contributed by atoms with E-state index in [2.05, 4.69) is 60.7 Å². The number of piperidine rings is 2. The van der Waals surface area contributed by atoms with Crippen molar-refractivity contribution >= 4 is 11.8 Å². The second-order valence-electron chi connectivity index (χ2n) is 11.2. The summed E-state index contributed by atoms with van der Waals surface area (Å²) < 4.78 is 0. The molecule has 40 heavy (non-hydrogen) atoms. The summed E-state index contributed by atoms with van der Waals surface area (Å²) in [6.07, 6.45) is 3.32. The quantitative estimate of drug-likeness (QED) is 0.299. The molecule has 2 fully saturated rings. The minimum absolute atomic E-state index is 0.0319. The molecule has 0 saturated carbocycles. The summed E-state index contributed by atoms with van der Waals surface area (Å²) in [6.45, 7) is 2.09. The number of nitrogens with zero attached hydrogens (tertiary/aromatic N) is 2. The summed E-state index contributed by atoms with van der Waals surface area (Å²) in [7, 11) is 0. The highest BCUT2D eigenvalue weighted by Gasteiger charge is 2.47. The van der Waals surface area contributed by atoms with Gasteiger partial charge >= 0.3 is 0 Å². The first-order chi connectivity index (χ1) is 19.6. The van der Waals surface area contributed by atoms with Crippen LogP contribution in [0.25, 0.3) is 0 Å². The van der Waals surface area contributed by atoms with Crippen LogP contribution in [-0.4, -0.2) is 47.8 Å². The number of carbonyl (C=O) groups is 2. The Morgan fingerprint density at radius 1 is 0.575 bits per heavy atom. The van der Waals surface area contributed by atoms with Gasteiger partial charge in [-0.05, 0) is 47.9 Å². The Balaban J connectivity index is 1.22. The van der Waals surface area contributed by atoms with Crippen molar-refractivity contribution in [3.05, 3.63) is 144 Å². The van der Waals surface area contributed by atoms with Crippen molar-refractivity contribution in [2.75, 3.05) is 26.2 Å². The maximum atomic E-state index is 14.3. The maximum Gasteiger partial charge on any atom is 0.242 e. The minimum Gasteiger partial charge on any atom is -0.341 e. The van der Waals surface area contributed by atoms with E-state index in [4.69, 9.17) is 0 Å². The highest BCUT2D eigenvalue weighted by atomic mass is 16.2.